The van der Waals surface area contributed by atoms with Crippen LogP contribution in [-0.2, 0) is 0 Å². The first-order valence-electron chi connectivity index (χ1n) is 5.94. The minimum atomic E-state index is -0.0566. The predicted molar refractivity (Wildman–Crippen MR) is 70.9 cm³/mol. The molecule has 0 radical (unpaired) electrons. The van der Waals surface area contributed by atoms with E-state index in [9.17, 15) is 4.79 Å². The molecule has 5 heteroatoms. The third-order valence-corrected chi connectivity index (χ3v) is 2.80. The minimum absolute atomic E-state index is 0.0566. The van der Waals surface area contributed by atoms with Crippen LogP contribution in [0.4, 0.5) is 5.82 Å². The summed E-state index contributed by atoms with van der Waals surface area (Å²) in [4.78, 5) is 11.3. The Balaban J connectivity index is 2.17. The maximum atomic E-state index is 11.3. The Morgan fingerprint density at radius 1 is 1.33 bits per heavy atom. The molecular weight excluding hydrogens is 230 g/mol. The summed E-state index contributed by atoms with van der Waals surface area (Å²) in [7, 11) is 0. The van der Waals surface area contributed by atoms with Gasteiger partial charge in [-0.05, 0) is 18.6 Å². The van der Waals surface area contributed by atoms with E-state index in [0.29, 0.717) is 11.2 Å². The van der Waals surface area contributed by atoms with Crippen molar-refractivity contribution >= 4 is 27.9 Å². The molecule has 92 valence electrons. The van der Waals surface area contributed by atoms with Gasteiger partial charge in [0.2, 0.25) is 0 Å². The number of benzene rings is 1. The van der Waals surface area contributed by atoms with Gasteiger partial charge in [0.25, 0.3) is 0 Å². The van der Waals surface area contributed by atoms with Crippen molar-refractivity contribution in [2.45, 2.75) is 13.3 Å². The lowest BCUT2D eigenvalue weighted by atomic mass is 10.2. The highest BCUT2D eigenvalue weighted by atomic mass is 16.3. The number of fused-ring (bicyclic) bond motifs is 3. The van der Waals surface area contributed by atoms with Gasteiger partial charge in [0.15, 0.2) is 11.0 Å². The SMILES string of the molecule is CCCNc1cc2oc3cc(=O)ccc3c2[nH]n1. The molecule has 0 aliphatic rings. The lowest BCUT2D eigenvalue weighted by Gasteiger charge is -2.01. The summed E-state index contributed by atoms with van der Waals surface area (Å²) in [5, 5.41) is 11.2. The van der Waals surface area contributed by atoms with Crippen molar-refractivity contribution in [2.75, 3.05) is 11.9 Å². The molecule has 0 spiro atoms. The second-order valence-electron chi connectivity index (χ2n) is 4.18. The third kappa shape index (κ3) is 1.73. The van der Waals surface area contributed by atoms with Gasteiger partial charge in [-0.2, -0.15) is 5.10 Å². The van der Waals surface area contributed by atoms with Crippen LogP contribution in [0.5, 0.6) is 0 Å². The Hall–Kier alpha value is -2.30. The number of furan rings is 1. The van der Waals surface area contributed by atoms with E-state index in [1.165, 1.54) is 12.1 Å². The monoisotopic (exact) mass is 243 g/mol. The molecular formula is C13H13N3O2. The van der Waals surface area contributed by atoms with Crippen LogP contribution in [0, 0.1) is 0 Å². The average molecular weight is 243 g/mol. The van der Waals surface area contributed by atoms with Crippen LogP contribution in [0.1, 0.15) is 13.3 Å². The first kappa shape index (κ1) is 10.8. The molecule has 0 unspecified atom stereocenters. The lowest BCUT2D eigenvalue weighted by molar-refractivity contribution is 0.666. The number of nitrogens with zero attached hydrogens (tertiary/aromatic N) is 1. The van der Waals surface area contributed by atoms with Crippen molar-refractivity contribution in [1.82, 2.24) is 10.2 Å². The normalized spacial score (nSPS) is 11.2. The Morgan fingerprint density at radius 3 is 3.06 bits per heavy atom. The van der Waals surface area contributed by atoms with Gasteiger partial charge in [-0.15, -0.1) is 0 Å². The molecule has 2 N–H and O–H groups in total. The Morgan fingerprint density at radius 2 is 2.22 bits per heavy atom. The van der Waals surface area contributed by atoms with E-state index < -0.39 is 0 Å². The molecule has 18 heavy (non-hydrogen) atoms. The Bertz CT molecular complexity index is 758. The molecule has 5 nitrogen and oxygen atoms in total. The Kier molecular flexibility index (Phi) is 2.51. The van der Waals surface area contributed by atoms with Gasteiger partial charge in [-0.25, -0.2) is 0 Å². The number of nitrogens with one attached hydrogen (secondary N) is 2. The van der Waals surface area contributed by atoms with Crippen molar-refractivity contribution in [3.8, 4) is 0 Å². The highest BCUT2D eigenvalue weighted by Crippen LogP contribution is 2.26. The zero-order valence-electron chi connectivity index (χ0n) is 9.99. The lowest BCUT2D eigenvalue weighted by Crippen LogP contribution is -2.02. The first-order chi connectivity index (χ1) is 8.78. The van der Waals surface area contributed by atoms with E-state index in [2.05, 4.69) is 22.4 Å². The molecule has 0 aliphatic carbocycles. The summed E-state index contributed by atoms with van der Waals surface area (Å²) >= 11 is 0. The highest BCUT2D eigenvalue weighted by molar-refractivity contribution is 6.02. The molecule has 0 amide bonds. The van der Waals surface area contributed by atoms with Crippen molar-refractivity contribution in [1.29, 1.82) is 0 Å². The molecule has 1 aromatic carbocycles. The fourth-order valence-corrected chi connectivity index (χ4v) is 1.93. The summed E-state index contributed by atoms with van der Waals surface area (Å²) < 4.78 is 5.64. The zero-order chi connectivity index (χ0) is 12.5. The molecule has 2 heterocycles. The van der Waals surface area contributed by atoms with Gasteiger partial charge >= 0.3 is 0 Å². The van der Waals surface area contributed by atoms with Crippen LogP contribution in [0.25, 0.3) is 22.1 Å². The van der Waals surface area contributed by atoms with Crippen molar-refractivity contribution in [3.05, 3.63) is 34.5 Å². The predicted octanol–water partition coefficient (Wildman–Crippen LogP) is 2.49. The summed E-state index contributed by atoms with van der Waals surface area (Å²) in [6, 6.07) is 6.60. The average Bonchev–Trinajstić information content (AvgIpc) is 2.72. The van der Waals surface area contributed by atoms with Crippen molar-refractivity contribution in [3.63, 3.8) is 0 Å². The molecule has 0 fully saturated rings. The van der Waals surface area contributed by atoms with Crippen LogP contribution in [0.2, 0.25) is 0 Å². The molecule has 0 saturated carbocycles. The van der Waals surface area contributed by atoms with Crippen molar-refractivity contribution < 1.29 is 4.42 Å². The molecule has 0 saturated heterocycles. The smallest absolute Gasteiger partial charge is 0.182 e. The van der Waals surface area contributed by atoms with Crippen LogP contribution >= 0.6 is 0 Å². The van der Waals surface area contributed by atoms with E-state index >= 15 is 0 Å². The van der Waals surface area contributed by atoms with Gasteiger partial charge in [-0.3, -0.25) is 9.89 Å². The summed E-state index contributed by atoms with van der Waals surface area (Å²) in [6.07, 6.45) is 1.03. The molecule has 3 rings (SSSR count). The number of rotatable bonds is 3. The highest BCUT2D eigenvalue weighted by Gasteiger charge is 2.08. The number of anilines is 1. The molecule has 0 bridgehead atoms. The molecule has 0 aliphatic heterocycles. The number of hydrogen-bond donors (Lipinski definition) is 2. The maximum absolute atomic E-state index is 11.3. The van der Waals surface area contributed by atoms with Gasteiger partial charge in [-0.1, -0.05) is 6.92 Å². The standard InChI is InChI=1S/C13H13N3O2/c1-2-5-14-12-7-11-13(16-15-12)9-4-3-8(17)6-10(9)18-11/h3-4,6-7,16H,2,5H2,1H3,(H,14,15). The van der Waals surface area contributed by atoms with Crippen molar-refractivity contribution in [2.24, 2.45) is 0 Å². The first-order valence-corrected chi connectivity index (χ1v) is 5.94. The van der Waals surface area contributed by atoms with Crippen LogP contribution < -0.4 is 10.7 Å². The van der Waals surface area contributed by atoms with E-state index in [1.54, 1.807) is 6.07 Å². The number of hydrogen-bond acceptors (Lipinski definition) is 4. The minimum Gasteiger partial charge on any atom is -0.454 e. The second-order valence-corrected chi connectivity index (χ2v) is 4.18. The Labute approximate surface area is 103 Å². The summed E-state index contributed by atoms with van der Waals surface area (Å²) in [5.41, 5.74) is 2.04. The summed E-state index contributed by atoms with van der Waals surface area (Å²) in [6.45, 7) is 2.95. The fourth-order valence-electron chi connectivity index (χ4n) is 1.93. The number of H-pyrrole nitrogens is 1. The fraction of sp³-hybridized carbons (Fsp3) is 0.231. The molecule has 3 aromatic rings. The maximum Gasteiger partial charge on any atom is 0.182 e. The largest absolute Gasteiger partial charge is 0.454 e. The van der Waals surface area contributed by atoms with E-state index in [0.717, 1.165) is 29.7 Å². The molecule has 0 atom stereocenters. The van der Waals surface area contributed by atoms with E-state index in [4.69, 9.17) is 4.42 Å². The molecule has 2 aromatic heterocycles. The summed E-state index contributed by atoms with van der Waals surface area (Å²) in [5.74, 6) is 0.741. The van der Waals surface area contributed by atoms with Gasteiger partial charge in [0.05, 0.1) is 0 Å². The van der Waals surface area contributed by atoms with Crippen LogP contribution in [0.3, 0.4) is 0 Å². The number of aromatic amines is 1. The topological polar surface area (TPSA) is 70.9 Å². The second kappa shape index (κ2) is 4.18. The van der Waals surface area contributed by atoms with E-state index in [1.807, 2.05) is 6.07 Å². The third-order valence-electron chi connectivity index (χ3n) is 2.80. The van der Waals surface area contributed by atoms with Crippen LogP contribution in [-0.4, -0.2) is 16.7 Å². The van der Waals surface area contributed by atoms with Gasteiger partial charge in [0.1, 0.15) is 16.9 Å². The zero-order valence-corrected chi connectivity index (χ0v) is 9.99. The van der Waals surface area contributed by atoms with Gasteiger partial charge < -0.3 is 9.73 Å². The quantitative estimate of drug-likeness (QED) is 0.741. The van der Waals surface area contributed by atoms with Gasteiger partial charge in [0, 0.05) is 24.1 Å². The van der Waals surface area contributed by atoms with Crippen LogP contribution in [0.15, 0.2) is 33.5 Å². The van der Waals surface area contributed by atoms with E-state index in [-0.39, 0.29) is 5.43 Å². The number of aromatic nitrogens is 2.